The quantitative estimate of drug-likeness (QED) is 0.612. The summed E-state index contributed by atoms with van der Waals surface area (Å²) in [6, 6.07) is 0.837. The summed E-state index contributed by atoms with van der Waals surface area (Å²) in [6.45, 7) is 0. The van der Waals surface area contributed by atoms with E-state index in [9.17, 15) is 12.9 Å². The van der Waals surface area contributed by atoms with E-state index in [2.05, 4.69) is 12.4 Å². The van der Waals surface area contributed by atoms with Crippen molar-refractivity contribution in [2.24, 2.45) is 0 Å². The zero-order chi connectivity index (χ0) is 9.40. The van der Waals surface area contributed by atoms with Gasteiger partial charge in [-0.05, 0) is 19.9 Å². The minimum atomic E-state index is -3.67. The lowest BCUT2D eigenvalue weighted by Gasteiger charge is -2.20. The third-order valence-electron chi connectivity index (χ3n) is 2.01. The van der Waals surface area contributed by atoms with Gasteiger partial charge in [0, 0.05) is 6.04 Å². The Hall–Kier alpha value is -0.185. The predicted molar refractivity (Wildman–Crippen MR) is 45.0 cm³/mol. The summed E-state index contributed by atoms with van der Waals surface area (Å²) in [6.07, 6.45) is 7.13. The van der Waals surface area contributed by atoms with Crippen LogP contribution >= 0.6 is 0 Å². The maximum atomic E-state index is 9.67. The second-order valence-electron chi connectivity index (χ2n) is 2.87. The van der Waals surface area contributed by atoms with Crippen molar-refractivity contribution in [3.05, 3.63) is 0 Å². The van der Waals surface area contributed by atoms with Crippen LogP contribution in [-0.2, 0) is 0 Å². The van der Waals surface area contributed by atoms with E-state index >= 15 is 0 Å². The number of hydrogen-bond donors (Lipinski definition) is 1. The SMILES string of the molecule is CNC1CCCCC1.FB(F)F. The zero-order valence-electron chi connectivity index (χ0n) is 7.32. The Morgan fingerprint density at radius 3 is 1.75 bits per heavy atom. The Bertz CT molecular complexity index is 93.9. The molecule has 0 heterocycles. The maximum Gasteiger partial charge on any atom is 0.762 e. The van der Waals surface area contributed by atoms with Gasteiger partial charge in [-0.3, -0.25) is 12.9 Å². The molecule has 72 valence electrons. The fraction of sp³-hybridized carbons (Fsp3) is 1.00. The van der Waals surface area contributed by atoms with E-state index in [-0.39, 0.29) is 0 Å². The number of nitrogens with one attached hydrogen (secondary N) is 1. The van der Waals surface area contributed by atoms with E-state index in [1.54, 1.807) is 0 Å². The molecule has 0 aliphatic heterocycles. The molecule has 0 radical (unpaired) electrons. The minimum Gasteiger partial charge on any atom is -0.317 e. The Labute approximate surface area is 71.9 Å². The molecule has 5 heteroatoms. The average molecular weight is 181 g/mol. The van der Waals surface area contributed by atoms with Gasteiger partial charge in [0.05, 0.1) is 0 Å². The molecule has 12 heavy (non-hydrogen) atoms. The molecule has 0 saturated heterocycles. The van der Waals surface area contributed by atoms with Crippen molar-refractivity contribution in [3.8, 4) is 0 Å². The van der Waals surface area contributed by atoms with Crippen LogP contribution in [0.5, 0.6) is 0 Å². The molecule has 1 aliphatic rings. The molecular formula is C7H15BF3N. The van der Waals surface area contributed by atoms with Crippen molar-refractivity contribution in [2.75, 3.05) is 7.05 Å². The second kappa shape index (κ2) is 7.46. The Morgan fingerprint density at radius 2 is 1.50 bits per heavy atom. The van der Waals surface area contributed by atoms with E-state index in [0.717, 1.165) is 6.04 Å². The van der Waals surface area contributed by atoms with E-state index in [1.165, 1.54) is 32.1 Å². The summed E-state index contributed by atoms with van der Waals surface area (Å²) >= 11 is 0. The average Bonchev–Trinajstić information content (AvgIpc) is 2.05. The van der Waals surface area contributed by atoms with Gasteiger partial charge < -0.3 is 5.32 Å². The Balaban J connectivity index is 0.000000261. The molecule has 0 aromatic carbocycles. The van der Waals surface area contributed by atoms with E-state index in [0.29, 0.717) is 0 Å². The first-order chi connectivity index (χ1) is 5.66. The summed E-state index contributed by atoms with van der Waals surface area (Å²) < 4.78 is 29.0. The topological polar surface area (TPSA) is 12.0 Å². The van der Waals surface area contributed by atoms with Crippen molar-refractivity contribution in [1.82, 2.24) is 5.32 Å². The Morgan fingerprint density at radius 1 is 1.08 bits per heavy atom. The van der Waals surface area contributed by atoms with E-state index in [4.69, 9.17) is 0 Å². The fourth-order valence-electron chi connectivity index (χ4n) is 1.39. The van der Waals surface area contributed by atoms with E-state index < -0.39 is 7.54 Å². The first-order valence-corrected chi connectivity index (χ1v) is 4.26. The minimum absolute atomic E-state index is 0.837. The highest BCUT2D eigenvalue weighted by atomic mass is 19.4. The predicted octanol–water partition coefficient (Wildman–Crippen LogP) is 2.42. The van der Waals surface area contributed by atoms with Gasteiger partial charge >= 0.3 is 7.54 Å². The maximum absolute atomic E-state index is 9.67. The van der Waals surface area contributed by atoms with Gasteiger partial charge in [-0.25, -0.2) is 0 Å². The van der Waals surface area contributed by atoms with Crippen molar-refractivity contribution in [1.29, 1.82) is 0 Å². The van der Waals surface area contributed by atoms with Crippen molar-refractivity contribution >= 4 is 7.54 Å². The molecule has 1 saturated carbocycles. The summed E-state index contributed by atoms with van der Waals surface area (Å²) in [5, 5.41) is 3.30. The first-order valence-electron chi connectivity index (χ1n) is 4.26. The lowest BCUT2D eigenvalue weighted by molar-refractivity contribution is 0.394. The summed E-state index contributed by atoms with van der Waals surface area (Å²) in [7, 11) is -1.60. The summed E-state index contributed by atoms with van der Waals surface area (Å²) in [4.78, 5) is 0. The molecule has 0 atom stereocenters. The highest BCUT2D eigenvalue weighted by Crippen LogP contribution is 2.16. The van der Waals surface area contributed by atoms with Crippen molar-refractivity contribution in [3.63, 3.8) is 0 Å². The lowest BCUT2D eigenvalue weighted by atomic mass is 9.96. The molecule has 1 rings (SSSR count). The zero-order valence-corrected chi connectivity index (χ0v) is 7.32. The van der Waals surface area contributed by atoms with Gasteiger partial charge in [-0.15, -0.1) is 0 Å². The Kier molecular flexibility index (Phi) is 7.35. The van der Waals surface area contributed by atoms with Gasteiger partial charge in [-0.1, -0.05) is 19.3 Å². The number of halogens is 3. The molecule has 1 aliphatic carbocycles. The third kappa shape index (κ3) is 7.92. The fourth-order valence-corrected chi connectivity index (χ4v) is 1.39. The monoisotopic (exact) mass is 181 g/mol. The largest absolute Gasteiger partial charge is 0.762 e. The van der Waals surface area contributed by atoms with Gasteiger partial charge in [0.1, 0.15) is 0 Å². The van der Waals surface area contributed by atoms with Crippen LogP contribution in [0, 0.1) is 0 Å². The van der Waals surface area contributed by atoms with Crippen LogP contribution in [0.2, 0.25) is 0 Å². The molecule has 0 unspecified atom stereocenters. The highest BCUT2D eigenvalue weighted by Gasteiger charge is 2.09. The van der Waals surface area contributed by atoms with Gasteiger partial charge in [0.15, 0.2) is 0 Å². The van der Waals surface area contributed by atoms with Crippen LogP contribution in [0.3, 0.4) is 0 Å². The van der Waals surface area contributed by atoms with Gasteiger partial charge in [0.2, 0.25) is 0 Å². The molecule has 0 aromatic heterocycles. The van der Waals surface area contributed by atoms with Crippen LogP contribution in [0.15, 0.2) is 0 Å². The van der Waals surface area contributed by atoms with Crippen molar-refractivity contribution in [2.45, 2.75) is 38.1 Å². The van der Waals surface area contributed by atoms with E-state index in [1.807, 2.05) is 0 Å². The van der Waals surface area contributed by atoms with Crippen LogP contribution in [-0.4, -0.2) is 20.6 Å². The van der Waals surface area contributed by atoms with Crippen LogP contribution in [0.4, 0.5) is 12.9 Å². The highest BCUT2D eigenvalue weighted by molar-refractivity contribution is 6.33. The van der Waals surface area contributed by atoms with Crippen LogP contribution in [0.25, 0.3) is 0 Å². The molecule has 1 nitrogen and oxygen atoms in total. The smallest absolute Gasteiger partial charge is 0.317 e. The standard InChI is InChI=1S/C7H15N.BF3/c1-8-7-5-3-2-4-6-7;2-1(3)4/h7-8H,2-6H2,1H3;. The van der Waals surface area contributed by atoms with Gasteiger partial charge in [-0.2, -0.15) is 0 Å². The molecule has 1 N–H and O–H groups in total. The first kappa shape index (κ1) is 11.8. The molecular weight excluding hydrogens is 166 g/mol. The van der Waals surface area contributed by atoms with Crippen LogP contribution in [0.1, 0.15) is 32.1 Å². The van der Waals surface area contributed by atoms with Gasteiger partial charge in [0.25, 0.3) is 0 Å². The number of rotatable bonds is 1. The molecule has 0 amide bonds. The number of hydrogen-bond acceptors (Lipinski definition) is 1. The lowest BCUT2D eigenvalue weighted by Crippen LogP contribution is -2.26. The van der Waals surface area contributed by atoms with Crippen molar-refractivity contribution < 1.29 is 12.9 Å². The molecule has 0 bridgehead atoms. The summed E-state index contributed by atoms with van der Waals surface area (Å²) in [5.74, 6) is 0. The van der Waals surface area contributed by atoms with Crippen LogP contribution < -0.4 is 5.32 Å². The normalized spacial score (nSPS) is 18.0. The second-order valence-corrected chi connectivity index (χ2v) is 2.87. The molecule has 0 spiro atoms. The summed E-state index contributed by atoms with van der Waals surface area (Å²) in [5.41, 5.74) is 0. The molecule has 0 aromatic rings. The third-order valence-corrected chi connectivity index (χ3v) is 2.01. The molecule has 1 fully saturated rings.